The van der Waals surface area contributed by atoms with Crippen molar-refractivity contribution in [3.8, 4) is 0 Å². The molecule has 2 amide bonds. The normalized spacial score (nSPS) is 32.3. The van der Waals surface area contributed by atoms with Crippen LogP contribution in [0.3, 0.4) is 0 Å². The van der Waals surface area contributed by atoms with Gasteiger partial charge >= 0.3 is 12.4 Å². The third kappa shape index (κ3) is 10.3. The number of carbonyl (C=O) groups is 2. The van der Waals surface area contributed by atoms with Gasteiger partial charge < -0.3 is 9.80 Å². The van der Waals surface area contributed by atoms with Gasteiger partial charge in [0.1, 0.15) is 11.6 Å². The minimum absolute atomic E-state index is 0.193. The Labute approximate surface area is 445 Å². The minimum Gasteiger partial charge on any atom is -0.336 e. The number of alkyl halides is 10. The molecule has 0 bridgehead atoms. The van der Waals surface area contributed by atoms with Crippen LogP contribution in [-0.2, 0) is 76.9 Å². The van der Waals surface area contributed by atoms with E-state index in [0.29, 0.717) is 74.6 Å². The molecule has 2 unspecified atom stereocenters. The van der Waals surface area contributed by atoms with Crippen LogP contribution in [0.5, 0.6) is 0 Å². The molecule has 4 aliphatic heterocycles. The molecule has 6 atom stereocenters. The van der Waals surface area contributed by atoms with Gasteiger partial charge in [-0.1, -0.05) is 60.7 Å². The summed E-state index contributed by atoms with van der Waals surface area (Å²) in [6.07, 6.45) is -8.71. The maximum atomic E-state index is 15.9. The van der Waals surface area contributed by atoms with Crippen LogP contribution in [0.15, 0.2) is 84.9 Å². The molecular formula is C56H60F12N4O4S2. The number of hydrogen-bond donors (Lipinski definition) is 2. The van der Waals surface area contributed by atoms with E-state index in [9.17, 15) is 61.9 Å². The molecule has 8 nitrogen and oxygen atoms in total. The van der Waals surface area contributed by atoms with E-state index in [1.165, 1.54) is 58.3 Å². The monoisotopic (exact) mass is 1140 g/mol. The summed E-state index contributed by atoms with van der Waals surface area (Å²) in [5, 5.41) is 0. The largest absolute Gasteiger partial charge is 0.426 e. The van der Waals surface area contributed by atoms with Crippen LogP contribution in [0.1, 0.15) is 110 Å². The number of carbonyl (C=O) groups excluding carboxylic acids is 2. The lowest BCUT2D eigenvalue weighted by molar-refractivity contribution is -0.229. The van der Waals surface area contributed by atoms with Crippen LogP contribution < -0.4 is 0 Å². The average Bonchev–Trinajstić information content (AvgIpc) is 3.99. The van der Waals surface area contributed by atoms with E-state index in [1.54, 1.807) is 24.3 Å². The van der Waals surface area contributed by atoms with Crippen molar-refractivity contribution in [3.63, 3.8) is 0 Å². The first-order valence-corrected chi connectivity index (χ1v) is 29.7. The number of nitrogens with zero attached hydrogens (tertiary/aromatic N) is 2. The number of likely N-dealkylation sites (tertiary alicyclic amines) is 2. The lowest BCUT2D eigenvalue weighted by Crippen LogP contribution is -2.55. The average molecular weight is 1150 g/mol. The predicted octanol–water partition coefficient (Wildman–Crippen LogP) is 12.3. The van der Waals surface area contributed by atoms with E-state index < -0.39 is 112 Å². The molecule has 22 heteroatoms. The zero-order valence-electron chi connectivity index (χ0n) is 42.8. The molecule has 4 heterocycles. The Morgan fingerprint density at radius 1 is 0.538 bits per heavy atom. The molecule has 10 rings (SSSR count). The van der Waals surface area contributed by atoms with Crippen LogP contribution in [0.2, 0.25) is 0 Å². The molecule has 0 saturated carbocycles. The molecule has 0 aromatic heterocycles. The van der Waals surface area contributed by atoms with E-state index in [0.717, 1.165) is 23.3 Å². The van der Waals surface area contributed by atoms with Crippen LogP contribution in [0.4, 0.5) is 52.7 Å². The molecule has 0 radical (unpaired) electrons. The molecular weight excluding hydrogens is 1080 g/mol. The Hall–Kier alpha value is -5.12. The van der Waals surface area contributed by atoms with Gasteiger partial charge in [0.2, 0.25) is 11.3 Å². The van der Waals surface area contributed by atoms with Gasteiger partial charge in [0.25, 0.3) is 11.8 Å². The fraction of sp³-hybridized carbons (Fsp3) is 0.536. The number of nitrogens with one attached hydrogen (secondary N) is 2. The zero-order chi connectivity index (χ0) is 56.9. The predicted molar refractivity (Wildman–Crippen MR) is 270 cm³/mol. The smallest absolute Gasteiger partial charge is 0.336 e. The van der Waals surface area contributed by atoms with Crippen LogP contribution in [-0.4, -0.2) is 102 Å². The molecule has 4 aromatic rings. The van der Waals surface area contributed by atoms with Crippen molar-refractivity contribution in [2.24, 2.45) is 0 Å². The molecule has 2 aliphatic carbocycles. The Kier molecular flexibility index (Phi) is 14.6. The Morgan fingerprint density at radius 2 is 0.859 bits per heavy atom. The van der Waals surface area contributed by atoms with Gasteiger partial charge in [-0.15, -0.1) is 0 Å². The van der Waals surface area contributed by atoms with E-state index >= 15 is 8.78 Å². The highest BCUT2D eigenvalue weighted by atomic mass is 32.2. The first-order chi connectivity index (χ1) is 36.2. The van der Waals surface area contributed by atoms with Gasteiger partial charge in [-0.3, -0.25) is 19.1 Å². The summed E-state index contributed by atoms with van der Waals surface area (Å²) < 4.78 is 209. The maximum absolute atomic E-state index is 15.9. The van der Waals surface area contributed by atoms with Crippen molar-refractivity contribution < 1.29 is 70.7 Å². The molecule has 4 fully saturated rings. The second-order valence-corrected chi connectivity index (χ2v) is 27.5. The van der Waals surface area contributed by atoms with Crippen LogP contribution >= 0.6 is 0 Å². The first kappa shape index (κ1) is 57.6. The summed E-state index contributed by atoms with van der Waals surface area (Å²) in [5.41, 5.74) is -10.2. The molecule has 4 aromatic carbocycles. The molecule has 4 saturated heterocycles. The highest BCUT2D eigenvalue weighted by molar-refractivity contribution is 7.92. The molecule has 6 aliphatic rings. The number of hydrogen-bond acceptors (Lipinski definition) is 6. The van der Waals surface area contributed by atoms with Gasteiger partial charge in [0.05, 0.1) is 0 Å². The molecule has 424 valence electrons. The van der Waals surface area contributed by atoms with Crippen molar-refractivity contribution in [1.29, 1.82) is 9.56 Å². The number of halogens is 12. The summed E-state index contributed by atoms with van der Waals surface area (Å²) >= 11 is 0. The standard InChI is InChI=1S/2C28H30F6N2O2S/c2*1-25(30,28(32,33)34)20-5-8-22-19(16-20)4-9-23-26(22,17-18-2-6-21(29)7-3-18)10-13-36(23)24(37)27(31)11-14-39(35,38)15-12-27/h2*2-3,5-8,16,23,35H,4,9-15,17H2,1H3/t2*23-,25?,26-,27?,39?/m11/s1. The molecule has 2 N–H and O–H groups in total. The topological polar surface area (TPSA) is 122 Å². The Bertz CT molecular complexity index is 2960. The van der Waals surface area contributed by atoms with E-state index in [4.69, 9.17) is 9.56 Å². The number of fused-ring (bicyclic) bond motifs is 6. The molecule has 0 spiro atoms. The molecule has 78 heavy (non-hydrogen) atoms. The van der Waals surface area contributed by atoms with Gasteiger partial charge in [0, 0.05) is 104 Å². The maximum Gasteiger partial charge on any atom is 0.426 e. The van der Waals surface area contributed by atoms with Crippen molar-refractivity contribution in [2.75, 3.05) is 36.1 Å². The number of amides is 2. The van der Waals surface area contributed by atoms with E-state index in [1.807, 2.05) is 0 Å². The summed E-state index contributed by atoms with van der Waals surface area (Å²) in [5.74, 6) is -3.05. The number of rotatable bonds is 8. The second kappa shape index (κ2) is 19.8. The SMILES string of the molecule is CC(F)(c1ccc2c(c1)CC[C@H]1N(C(=O)C3(F)CCS(=N)(=O)CC3)CC[C@@]21Cc1ccc(F)cc1)C(F)(F)F.CC(F)(c1ccc2c(c1)CC[C@H]1N(C(=O)C3(F)CCS(=N)(=O)CC3)CC[C@@]21Cc1ccc(F)cc1)C(F)(F)F. The van der Waals surface area contributed by atoms with Crippen molar-refractivity contribution in [1.82, 2.24) is 9.80 Å². The first-order valence-electron chi connectivity index (χ1n) is 25.9. The van der Waals surface area contributed by atoms with Crippen LogP contribution in [0.25, 0.3) is 0 Å². The summed E-state index contributed by atoms with van der Waals surface area (Å²) in [4.78, 5) is 30.2. The quantitative estimate of drug-likeness (QED) is 0.171. The summed E-state index contributed by atoms with van der Waals surface area (Å²) in [7, 11) is -5.82. The van der Waals surface area contributed by atoms with E-state index in [-0.39, 0.29) is 74.6 Å². The van der Waals surface area contributed by atoms with Gasteiger partial charge in [0.15, 0.2) is 11.3 Å². The highest BCUT2D eigenvalue weighted by Crippen LogP contribution is 2.54. The van der Waals surface area contributed by atoms with Gasteiger partial charge in [-0.25, -0.2) is 34.8 Å². The lowest BCUT2D eigenvalue weighted by atomic mass is 9.63. The zero-order valence-corrected chi connectivity index (χ0v) is 44.5. The second-order valence-electron chi connectivity index (χ2n) is 22.6. The van der Waals surface area contributed by atoms with Gasteiger partial charge in [-0.2, -0.15) is 26.3 Å². The van der Waals surface area contributed by atoms with Gasteiger partial charge in [-0.05, 0) is 134 Å². The highest BCUT2D eigenvalue weighted by Gasteiger charge is 2.60. The summed E-state index contributed by atoms with van der Waals surface area (Å²) in [6.45, 7) is 1.39. The fourth-order valence-corrected chi connectivity index (χ4v) is 16.2. The van der Waals surface area contributed by atoms with Crippen molar-refractivity contribution >= 4 is 31.3 Å². The van der Waals surface area contributed by atoms with Crippen LogP contribution in [0, 0.1) is 21.2 Å². The van der Waals surface area contributed by atoms with Crippen molar-refractivity contribution in [2.45, 2.75) is 149 Å². The minimum atomic E-state index is -5.10. The third-order valence-corrected chi connectivity index (χ3v) is 21.4. The third-order valence-electron chi connectivity index (χ3n) is 17.9. The Morgan fingerprint density at radius 3 is 1.17 bits per heavy atom. The van der Waals surface area contributed by atoms with E-state index in [2.05, 4.69) is 0 Å². The summed E-state index contributed by atoms with van der Waals surface area (Å²) in [6, 6.07) is 18.5. The fourth-order valence-electron chi connectivity index (χ4n) is 13.2. The van der Waals surface area contributed by atoms with Crippen molar-refractivity contribution in [3.05, 3.63) is 141 Å². The number of benzene rings is 4. The number of aryl methyl sites for hydroxylation is 2. The Balaban J connectivity index is 0.000000190. The lowest BCUT2D eigenvalue weighted by Gasteiger charge is -2.45.